The summed E-state index contributed by atoms with van der Waals surface area (Å²) >= 11 is 1.38. The molecule has 0 aromatic heterocycles. The van der Waals surface area contributed by atoms with Crippen LogP contribution in [0.1, 0.15) is 25.0 Å². The number of rotatable bonds is 7. The van der Waals surface area contributed by atoms with Crippen LogP contribution in [0.3, 0.4) is 0 Å². The molecule has 5 nitrogen and oxygen atoms in total. The highest BCUT2D eigenvalue weighted by Gasteiger charge is 2.33. The number of hydrogen-bond acceptors (Lipinski definition) is 5. The fourth-order valence-electron chi connectivity index (χ4n) is 3.39. The molecule has 0 saturated carbocycles. The minimum atomic E-state index is -0.0694. The second kappa shape index (κ2) is 10.4. The third-order valence-electron chi connectivity index (χ3n) is 4.90. The number of thioether (sulfide) groups is 1. The third-order valence-corrected chi connectivity index (χ3v) is 5.91. The molecule has 1 heterocycles. The fraction of sp³-hybridized carbons (Fsp3) is 0.185. The van der Waals surface area contributed by atoms with Crippen LogP contribution in [0.5, 0.6) is 11.5 Å². The van der Waals surface area contributed by atoms with Crippen molar-refractivity contribution in [3.05, 3.63) is 94.9 Å². The van der Waals surface area contributed by atoms with E-state index in [1.165, 1.54) is 11.8 Å². The molecular weight excluding hydrogens is 432 g/mol. The summed E-state index contributed by atoms with van der Waals surface area (Å²) in [5.41, 5.74) is 2.72. The number of aliphatic imine (C=N–C) groups is 1. The van der Waals surface area contributed by atoms with Crippen LogP contribution in [-0.2, 0) is 11.3 Å². The van der Waals surface area contributed by atoms with Crippen LogP contribution in [0.15, 0.2) is 88.8 Å². The molecule has 3 aromatic rings. The highest BCUT2D eigenvalue weighted by molar-refractivity contribution is 8.18. The van der Waals surface area contributed by atoms with Crippen molar-refractivity contribution in [1.82, 2.24) is 4.90 Å². The van der Waals surface area contributed by atoms with Gasteiger partial charge in [-0.25, -0.2) is 4.99 Å². The highest BCUT2D eigenvalue weighted by Crippen LogP contribution is 2.36. The van der Waals surface area contributed by atoms with E-state index in [4.69, 9.17) is 14.5 Å². The zero-order valence-electron chi connectivity index (χ0n) is 18.9. The van der Waals surface area contributed by atoms with E-state index in [0.717, 1.165) is 16.8 Å². The molecule has 1 amide bonds. The number of para-hydroxylation sites is 1. The Morgan fingerprint density at radius 1 is 0.970 bits per heavy atom. The van der Waals surface area contributed by atoms with Crippen molar-refractivity contribution in [1.29, 1.82) is 0 Å². The second-order valence-electron chi connectivity index (χ2n) is 7.79. The van der Waals surface area contributed by atoms with Crippen molar-refractivity contribution >= 4 is 34.6 Å². The van der Waals surface area contributed by atoms with Crippen LogP contribution in [0.4, 0.5) is 5.69 Å². The molecule has 33 heavy (non-hydrogen) atoms. The summed E-state index contributed by atoms with van der Waals surface area (Å²) in [5.74, 6) is 1.24. The van der Waals surface area contributed by atoms with Gasteiger partial charge in [0.05, 0.1) is 30.4 Å². The molecule has 4 rings (SSSR count). The normalized spacial score (nSPS) is 16.1. The van der Waals surface area contributed by atoms with Gasteiger partial charge in [0, 0.05) is 0 Å². The van der Waals surface area contributed by atoms with Gasteiger partial charge in [-0.15, -0.1) is 0 Å². The Morgan fingerprint density at radius 3 is 2.33 bits per heavy atom. The molecule has 0 spiro atoms. The molecule has 1 saturated heterocycles. The number of benzene rings is 3. The maximum Gasteiger partial charge on any atom is 0.267 e. The lowest BCUT2D eigenvalue weighted by Crippen LogP contribution is -2.28. The Balaban J connectivity index is 1.67. The first-order valence-corrected chi connectivity index (χ1v) is 11.6. The number of carbonyl (C=O) groups excluding carboxylic acids is 1. The van der Waals surface area contributed by atoms with E-state index in [1.807, 2.05) is 98.8 Å². The lowest BCUT2D eigenvalue weighted by molar-refractivity contribution is -0.122. The van der Waals surface area contributed by atoms with Crippen molar-refractivity contribution in [2.75, 3.05) is 7.11 Å². The van der Waals surface area contributed by atoms with Crippen molar-refractivity contribution in [2.24, 2.45) is 4.99 Å². The van der Waals surface area contributed by atoms with Gasteiger partial charge in [-0.2, -0.15) is 0 Å². The summed E-state index contributed by atoms with van der Waals surface area (Å²) in [4.78, 5) is 20.5. The molecule has 1 fully saturated rings. The molecule has 0 N–H and O–H groups in total. The molecule has 3 aromatic carbocycles. The van der Waals surface area contributed by atoms with Crippen LogP contribution < -0.4 is 9.47 Å². The quantitative estimate of drug-likeness (QED) is 0.391. The molecule has 0 bridgehead atoms. The molecule has 0 atom stereocenters. The molecule has 0 unspecified atom stereocenters. The van der Waals surface area contributed by atoms with E-state index in [-0.39, 0.29) is 12.0 Å². The largest absolute Gasteiger partial charge is 0.493 e. The number of ether oxygens (including phenoxy) is 2. The van der Waals surface area contributed by atoms with Gasteiger partial charge in [-0.1, -0.05) is 54.6 Å². The highest BCUT2D eigenvalue weighted by atomic mass is 32.2. The summed E-state index contributed by atoms with van der Waals surface area (Å²) in [6.45, 7) is 4.40. The molecular formula is C27H26N2O3S. The van der Waals surface area contributed by atoms with Gasteiger partial charge in [0.2, 0.25) is 0 Å². The summed E-state index contributed by atoms with van der Waals surface area (Å²) < 4.78 is 11.3. The predicted molar refractivity (Wildman–Crippen MR) is 135 cm³/mol. The second-order valence-corrected chi connectivity index (χ2v) is 8.80. The molecule has 6 heteroatoms. The van der Waals surface area contributed by atoms with Crippen molar-refractivity contribution in [2.45, 2.75) is 26.5 Å². The zero-order valence-corrected chi connectivity index (χ0v) is 19.7. The summed E-state index contributed by atoms with van der Waals surface area (Å²) in [7, 11) is 1.61. The van der Waals surface area contributed by atoms with Gasteiger partial charge >= 0.3 is 0 Å². The van der Waals surface area contributed by atoms with Crippen molar-refractivity contribution in [3.63, 3.8) is 0 Å². The van der Waals surface area contributed by atoms with Crippen molar-refractivity contribution < 1.29 is 14.3 Å². The number of methoxy groups -OCH3 is 1. The van der Waals surface area contributed by atoms with E-state index >= 15 is 0 Å². The summed E-state index contributed by atoms with van der Waals surface area (Å²) in [6.07, 6.45) is 1.92. The summed E-state index contributed by atoms with van der Waals surface area (Å²) in [6, 6.07) is 25.3. The Kier molecular flexibility index (Phi) is 7.15. The first kappa shape index (κ1) is 22.7. The van der Waals surface area contributed by atoms with Gasteiger partial charge in [-0.05, 0) is 67.1 Å². The van der Waals surface area contributed by atoms with Crippen LogP contribution >= 0.6 is 11.8 Å². The molecule has 1 aliphatic heterocycles. The molecule has 0 aliphatic carbocycles. The SMILES string of the molecule is COc1cc(/C=C2/SC(=Nc3ccccc3)N(Cc3ccccc3)C2=O)ccc1OC(C)C. The average Bonchev–Trinajstić information content (AvgIpc) is 3.10. The van der Waals surface area contributed by atoms with Crippen LogP contribution in [0.2, 0.25) is 0 Å². The Bertz CT molecular complexity index is 1170. The Labute approximate surface area is 198 Å². The lowest BCUT2D eigenvalue weighted by atomic mass is 10.1. The molecule has 1 aliphatic rings. The summed E-state index contributed by atoms with van der Waals surface area (Å²) in [5, 5.41) is 0.660. The average molecular weight is 459 g/mol. The number of amides is 1. The van der Waals surface area contributed by atoms with E-state index in [9.17, 15) is 4.79 Å². The number of carbonyl (C=O) groups is 1. The van der Waals surface area contributed by atoms with Crippen LogP contribution in [0, 0.1) is 0 Å². The first-order chi connectivity index (χ1) is 16.0. The fourth-order valence-corrected chi connectivity index (χ4v) is 4.38. The third kappa shape index (κ3) is 5.65. The maximum absolute atomic E-state index is 13.4. The predicted octanol–water partition coefficient (Wildman–Crippen LogP) is 6.29. The minimum Gasteiger partial charge on any atom is -0.493 e. The van der Waals surface area contributed by atoms with Crippen molar-refractivity contribution in [3.8, 4) is 11.5 Å². The Morgan fingerprint density at radius 2 is 1.67 bits per heavy atom. The zero-order chi connectivity index (χ0) is 23.2. The minimum absolute atomic E-state index is 0.0402. The van der Waals surface area contributed by atoms with Gasteiger partial charge in [0.15, 0.2) is 16.7 Å². The van der Waals surface area contributed by atoms with E-state index in [0.29, 0.717) is 28.1 Å². The smallest absolute Gasteiger partial charge is 0.267 e. The number of amidine groups is 1. The number of hydrogen-bond donors (Lipinski definition) is 0. The molecule has 168 valence electrons. The Hall–Kier alpha value is -3.51. The monoisotopic (exact) mass is 458 g/mol. The van der Waals surface area contributed by atoms with E-state index in [2.05, 4.69) is 0 Å². The van der Waals surface area contributed by atoms with Gasteiger partial charge in [-0.3, -0.25) is 9.69 Å². The van der Waals surface area contributed by atoms with Gasteiger partial charge in [0.1, 0.15) is 0 Å². The van der Waals surface area contributed by atoms with E-state index in [1.54, 1.807) is 12.0 Å². The maximum atomic E-state index is 13.4. The first-order valence-electron chi connectivity index (χ1n) is 10.8. The van der Waals surface area contributed by atoms with E-state index < -0.39 is 0 Å². The molecule has 0 radical (unpaired) electrons. The standard InChI is InChI=1S/C27H26N2O3S/c1-19(2)32-23-15-14-21(16-24(23)31-3)17-25-26(30)29(18-20-10-6-4-7-11-20)27(33-25)28-22-12-8-5-9-13-22/h4-17,19H,18H2,1-3H3/b25-17+,28-27?. The van der Waals surface area contributed by atoms with Crippen LogP contribution in [-0.4, -0.2) is 29.2 Å². The lowest BCUT2D eigenvalue weighted by Gasteiger charge is -2.15. The topological polar surface area (TPSA) is 51.1 Å². The van der Waals surface area contributed by atoms with Gasteiger partial charge < -0.3 is 9.47 Å². The van der Waals surface area contributed by atoms with Gasteiger partial charge in [0.25, 0.3) is 5.91 Å². The number of nitrogens with zero attached hydrogens (tertiary/aromatic N) is 2. The van der Waals surface area contributed by atoms with Crippen LogP contribution in [0.25, 0.3) is 6.08 Å².